The van der Waals surface area contributed by atoms with Crippen LogP contribution in [0.2, 0.25) is 0 Å². The maximum absolute atomic E-state index is 11.0. The topological polar surface area (TPSA) is 49.3 Å². The van der Waals surface area contributed by atoms with Crippen molar-refractivity contribution in [2.75, 3.05) is 11.9 Å². The number of carboxylic acid groups (broad SMARTS) is 1. The Bertz CT molecular complexity index is 421. The summed E-state index contributed by atoms with van der Waals surface area (Å²) in [5, 5.41) is 12.4. The molecule has 1 aromatic carbocycles. The average molecular weight is 328 g/mol. The summed E-state index contributed by atoms with van der Waals surface area (Å²) in [5.74, 6) is -0.255. The van der Waals surface area contributed by atoms with Crippen LogP contribution < -0.4 is 5.32 Å². The van der Waals surface area contributed by atoms with Crippen LogP contribution in [0, 0.1) is 5.92 Å². The second kappa shape index (κ2) is 8.20. The van der Waals surface area contributed by atoms with Crippen LogP contribution in [0.1, 0.15) is 49.9 Å². The fraction of sp³-hybridized carbons (Fsp3) is 0.533. The normalized spacial score (nSPS) is 12.2. The van der Waals surface area contributed by atoms with Crippen molar-refractivity contribution >= 4 is 27.6 Å². The van der Waals surface area contributed by atoms with Crippen LogP contribution in [0.25, 0.3) is 0 Å². The highest BCUT2D eigenvalue weighted by Crippen LogP contribution is 2.21. The van der Waals surface area contributed by atoms with Gasteiger partial charge in [0.15, 0.2) is 0 Å². The van der Waals surface area contributed by atoms with Gasteiger partial charge in [-0.15, -0.1) is 0 Å². The molecule has 0 aliphatic rings. The summed E-state index contributed by atoms with van der Waals surface area (Å²) in [4.78, 5) is 11.0. The number of halogens is 1. The van der Waals surface area contributed by atoms with Crippen molar-refractivity contribution in [1.82, 2.24) is 0 Å². The molecule has 0 aliphatic carbocycles. The lowest BCUT2D eigenvalue weighted by Gasteiger charge is -2.16. The van der Waals surface area contributed by atoms with E-state index in [1.807, 2.05) is 6.07 Å². The minimum absolute atomic E-state index is 0.304. The van der Waals surface area contributed by atoms with Gasteiger partial charge >= 0.3 is 5.97 Å². The molecule has 0 bridgehead atoms. The predicted octanol–water partition coefficient (Wildman–Crippen LogP) is 4.78. The van der Waals surface area contributed by atoms with Crippen molar-refractivity contribution in [1.29, 1.82) is 0 Å². The molecular weight excluding hydrogens is 306 g/mol. The summed E-state index contributed by atoms with van der Waals surface area (Å²) in [6.45, 7) is 5.30. The van der Waals surface area contributed by atoms with E-state index in [2.05, 4.69) is 35.1 Å². The maximum Gasteiger partial charge on any atom is 0.335 e. The molecule has 0 spiro atoms. The maximum atomic E-state index is 11.0. The highest BCUT2D eigenvalue weighted by atomic mass is 79.9. The Balaban J connectivity index is 2.63. The molecule has 2 N–H and O–H groups in total. The van der Waals surface area contributed by atoms with Crippen LogP contribution in [0.5, 0.6) is 0 Å². The van der Waals surface area contributed by atoms with Crippen molar-refractivity contribution in [3.8, 4) is 0 Å². The molecule has 1 atom stereocenters. The first kappa shape index (κ1) is 16.0. The Morgan fingerprint density at radius 2 is 2.11 bits per heavy atom. The van der Waals surface area contributed by atoms with Gasteiger partial charge in [0, 0.05) is 16.7 Å². The molecule has 0 radical (unpaired) electrons. The van der Waals surface area contributed by atoms with Gasteiger partial charge in [0.1, 0.15) is 0 Å². The number of benzene rings is 1. The number of aromatic carboxylic acids is 1. The zero-order valence-electron chi connectivity index (χ0n) is 11.6. The first-order valence-corrected chi connectivity index (χ1v) is 7.63. The molecule has 0 amide bonds. The molecule has 3 nitrogen and oxygen atoms in total. The summed E-state index contributed by atoms with van der Waals surface area (Å²) in [5.41, 5.74) is 1.17. The Kier molecular flexibility index (Phi) is 6.92. The van der Waals surface area contributed by atoms with E-state index in [9.17, 15) is 4.79 Å². The molecule has 106 valence electrons. The third kappa shape index (κ3) is 5.64. The van der Waals surface area contributed by atoms with Gasteiger partial charge in [0.05, 0.1) is 5.56 Å². The number of nitrogens with one attached hydrogen (secondary N) is 1. The number of rotatable bonds is 8. The number of hydrogen-bond donors (Lipinski definition) is 2. The van der Waals surface area contributed by atoms with E-state index < -0.39 is 5.97 Å². The number of unbranched alkanes of at least 4 members (excludes halogenated alkanes) is 1. The molecule has 0 aliphatic heterocycles. The summed E-state index contributed by atoms with van der Waals surface area (Å²) in [7, 11) is 0. The molecule has 0 saturated carbocycles. The van der Waals surface area contributed by atoms with E-state index in [4.69, 9.17) is 5.11 Å². The van der Waals surface area contributed by atoms with Crippen molar-refractivity contribution in [3.05, 3.63) is 28.2 Å². The Morgan fingerprint density at radius 1 is 1.37 bits per heavy atom. The fourth-order valence-corrected chi connectivity index (χ4v) is 2.51. The minimum atomic E-state index is -0.901. The van der Waals surface area contributed by atoms with Gasteiger partial charge in [0.2, 0.25) is 0 Å². The third-order valence-corrected chi connectivity index (χ3v) is 3.74. The van der Waals surface area contributed by atoms with E-state index in [1.165, 1.54) is 19.3 Å². The van der Waals surface area contributed by atoms with Crippen LogP contribution in [-0.4, -0.2) is 17.6 Å². The van der Waals surface area contributed by atoms with Crippen LogP contribution in [0.3, 0.4) is 0 Å². The lowest BCUT2D eigenvalue weighted by Crippen LogP contribution is -2.14. The molecule has 1 aromatic rings. The minimum Gasteiger partial charge on any atom is -0.478 e. The standard InChI is InChI=1S/C15H22BrNO2/c1-3-5-6-11(4-2)10-17-14-8-12(15(18)19)7-13(16)9-14/h7-9,11,17H,3-6,10H2,1-2H3,(H,18,19). The number of hydrogen-bond acceptors (Lipinski definition) is 2. The zero-order chi connectivity index (χ0) is 14.3. The largest absolute Gasteiger partial charge is 0.478 e. The van der Waals surface area contributed by atoms with E-state index in [-0.39, 0.29) is 0 Å². The third-order valence-electron chi connectivity index (χ3n) is 3.28. The summed E-state index contributed by atoms with van der Waals surface area (Å²) in [6, 6.07) is 5.21. The van der Waals surface area contributed by atoms with Gasteiger partial charge in [-0.25, -0.2) is 4.79 Å². The Morgan fingerprint density at radius 3 is 2.68 bits per heavy atom. The van der Waals surface area contributed by atoms with E-state index >= 15 is 0 Å². The molecule has 0 fully saturated rings. The quantitative estimate of drug-likeness (QED) is 0.722. The predicted molar refractivity (Wildman–Crippen MR) is 82.9 cm³/mol. The van der Waals surface area contributed by atoms with Gasteiger partial charge in [-0.05, 0) is 30.5 Å². The lowest BCUT2D eigenvalue weighted by molar-refractivity contribution is 0.0697. The van der Waals surface area contributed by atoms with Crippen molar-refractivity contribution < 1.29 is 9.90 Å². The Hall–Kier alpha value is -1.03. The highest BCUT2D eigenvalue weighted by molar-refractivity contribution is 9.10. The zero-order valence-corrected chi connectivity index (χ0v) is 13.2. The first-order chi connectivity index (χ1) is 9.06. The van der Waals surface area contributed by atoms with Crippen LogP contribution in [-0.2, 0) is 0 Å². The van der Waals surface area contributed by atoms with E-state index in [1.54, 1.807) is 12.1 Å². The molecule has 0 saturated heterocycles. The van der Waals surface area contributed by atoms with Crippen LogP contribution in [0.4, 0.5) is 5.69 Å². The summed E-state index contributed by atoms with van der Waals surface area (Å²) in [6.07, 6.45) is 4.84. The van der Waals surface area contributed by atoms with Crippen molar-refractivity contribution in [3.63, 3.8) is 0 Å². The second-order valence-corrected chi connectivity index (χ2v) is 5.75. The van der Waals surface area contributed by atoms with E-state index in [0.29, 0.717) is 11.5 Å². The molecule has 4 heteroatoms. The second-order valence-electron chi connectivity index (χ2n) is 4.83. The SMILES string of the molecule is CCCCC(CC)CNc1cc(Br)cc(C(=O)O)c1. The van der Waals surface area contributed by atoms with Crippen LogP contribution in [0.15, 0.2) is 22.7 Å². The van der Waals surface area contributed by atoms with Crippen molar-refractivity contribution in [2.45, 2.75) is 39.5 Å². The molecule has 1 unspecified atom stereocenters. The number of anilines is 1. The van der Waals surface area contributed by atoms with Gasteiger partial charge < -0.3 is 10.4 Å². The molecule has 0 heterocycles. The average Bonchev–Trinajstić information content (AvgIpc) is 2.38. The first-order valence-electron chi connectivity index (χ1n) is 6.84. The summed E-state index contributed by atoms with van der Waals surface area (Å²) >= 11 is 3.34. The highest BCUT2D eigenvalue weighted by Gasteiger charge is 2.08. The fourth-order valence-electron chi connectivity index (χ4n) is 2.02. The molecular formula is C15H22BrNO2. The summed E-state index contributed by atoms with van der Waals surface area (Å²) < 4.78 is 0.788. The van der Waals surface area contributed by atoms with Gasteiger partial charge in [-0.3, -0.25) is 0 Å². The Labute approximate surface area is 123 Å². The molecule has 0 aromatic heterocycles. The van der Waals surface area contributed by atoms with Crippen molar-refractivity contribution in [2.24, 2.45) is 5.92 Å². The monoisotopic (exact) mass is 327 g/mol. The van der Waals surface area contributed by atoms with Crippen LogP contribution >= 0.6 is 15.9 Å². The molecule has 1 rings (SSSR count). The number of carboxylic acids is 1. The smallest absolute Gasteiger partial charge is 0.335 e. The van der Waals surface area contributed by atoms with Gasteiger partial charge in [-0.2, -0.15) is 0 Å². The van der Waals surface area contributed by atoms with Gasteiger partial charge in [-0.1, -0.05) is 49.0 Å². The van der Waals surface area contributed by atoms with Gasteiger partial charge in [0.25, 0.3) is 0 Å². The number of carbonyl (C=O) groups is 1. The van der Waals surface area contributed by atoms with E-state index in [0.717, 1.165) is 23.1 Å². The lowest BCUT2D eigenvalue weighted by atomic mass is 9.99. The molecule has 19 heavy (non-hydrogen) atoms.